The first-order chi connectivity index (χ1) is 13.9. The third-order valence-corrected chi connectivity index (χ3v) is 4.96. The van der Waals surface area contributed by atoms with Crippen LogP contribution in [0, 0.1) is 0 Å². The van der Waals surface area contributed by atoms with Gasteiger partial charge in [-0.05, 0) is 6.92 Å². The van der Waals surface area contributed by atoms with E-state index >= 15 is 0 Å². The van der Waals surface area contributed by atoms with Crippen molar-refractivity contribution < 1.29 is 36.3 Å². The number of morpholine rings is 1. The molecule has 14 heteroatoms. The zero-order valence-corrected chi connectivity index (χ0v) is 16.0. The van der Waals surface area contributed by atoms with Crippen LogP contribution >= 0.6 is 0 Å². The third kappa shape index (κ3) is 4.38. The number of carbonyl (C=O) groups excluding carboxylic acids is 2. The molecule has 2 N–H and O–H groups in total. The van der Waals surface area contributed by atoms with E-state index in [-0.39, 0.29) is 57.0 Å². The van der Waals surface area contributed by atoms with Crippen LogP contribution in [-0.4, -0.2) is 80.9 Å². The molecule has 0 radical (unpaired) electrons. The molecule has 0 aromatic carbocycles. The second-order valence-electron chi connectivity index (χ2n) is 7.36. The molecule has 168 valence electrons. The Morgan fingerprint density at radius 3 is 2.63 bits per heavy atom. The van der Waals surface area contributed by atoms with Crippen molar-refractivity contribution in [2.75, 3.05) is 26.2 Å². The van der Waals surface area contributed by atoms with Crippen molar-refractivity contribution in [2.45, 2.75) is 50.7 Å². The first kappa shape index (κ1) is 22.3. The van der Waals surface area contributed by atoms with Gasteiger partial charge in [-0.15, -0.1) is 10.2 Å². The molecule has 0 aliphatic carbocycles. The minimum atomic E-state index is -5.80. The second-order valence-corrected chi connectivity index (χ2v) is 7.36. The summed E-state index contributed by atoms with van der Waals surface area (Å²) in [5, 5.41) is 6.41. The number of halogens is 5. The molecule has 0 unspecified atom stereocenters. The minimum absolute atomic E-state index is 0.0610. The van der Waals surface area contributed by atoms with Crippen LogP contribution in [0.15, 0.2) is 0 Å². The fraction of sp³-hybridized carbons (Fsp3) is 0.750. The molecule has 0 bridgehead atoms. The Labute approximate surface area is 167 Å². The van der Waals surface area contributed by atoms with Crippen molar-refractivity contribution in [3.05, 3.63) is 11.6 Å². The summed E-state index contributed by atoms with van der Waals surface area (Å²) in [7, 11) is 0. The van der Waals surface area contributed by atoms with E-state index in [1.165, 1.54) is 9.80 Å². The average molecular weight is 440 g/mol. The smallest absolute Gasteiger partial charge is 0.367 e. The van der Waals surface area contributed by atoms with Crippen LogP contribution in [0.2, 0.25) is 0 Å². The summed E-state index contributed by atoms with van der Waals surface area (Å²) >= 11 is 0. The molecule has 2 aliphatic rings. The molecule has 9 nitrogen and oxygen atoms in total. The fourth-order valence-corrected chi connectivity index (χ4v) is 3.38. The molecule has 3 heterocycles. The molecule has 0 spiro atoms. The Bertz CT molecular complexity index is 814. The maximum atomic E-state index is 13.6. The Hall–Kier alpha value is -2.35. The number of hydrogen-bond acceptors (Lipinski definition) is 6. The monoisotopic (exact) mass is 440 g/mol. The van der Waals surface area contributed by atoms with E-state index < -0.39 is 29.9 Å². The number of nitrogens with zero attached hydrogens (tertiary/aromatic N) is 5. The zero-order valence-electron chi connectivity index (χ0n) is 16.0. The van der Waals surface area contributed by atoms with Crippen molar-refractivity contribution in [1.82, 2.24) is 24.6 Å². The number of aromatic nitrogens is 3. The largest absolute Gasteiger partial charge is 0.461 e. The number of ether oxygens (including phenoxy) is 1. The van der Waals surface area contributed by atoms with E-state index in [4.69, 9.17) is 10.5 Å². The van der Waals surface area contributed by atoms with Crippen molar-refractivity contribution in [1.29, 1.82) is 0 Å². The van der Waals surface area contributed by atoms with Crippen LogP contribution in [0.25, 0.3) is 0 Å². The first-order valence-electron chi connectivity index (χ1n) is 9.20. The number of amides is 2. The summed E-state index contributed by atoms with van der Waals surface area (Å²) in [6.07, 6.45) is -6.08. The molecule has 0 saturated carbocycles. The second kappa shape index (κ2) is 8.06. The van der Waals surface area contributed by atoms with E-state index in [0.717, 1.165) is 0 Å². The van der Waals surface area contributed by atoms with Crippen LogP contribution in [0.5, 0.6) is 0 Å². The highest BCUT2D eigenvalue weighted by molar-refractivity contribution is 5.79. The molecule has 1 aromatic heterocycles. The van der Waals surface area contributed by atoms with Crippen molar-refractivity contribution >= 4 is 11.8 Å². The van der Waals surface area contributed by atoms with Gasteiger partial charge in [0.2, 0.25) is 17.6 Å². The van der Waals surface area contributed by atoms with Crippen LogP contribution in [0.1, 0.15) is 25.0 Å². The lowest BCUT2D eigenvalue weighted by atomic mass is 10.1. The van der Waals surface area contributed by atoms with Gasteiger partial charge in [-0.3, -0.25) is 9.59 Å². The first-order valence-corrected chi connectivity index (χ1v) is 9.20. The highest BCUT2D eigenvalue weighted by atomic mass is 19.4. The third-order valence-electron chi connectivity index (χ3n) is 4.96. The highest BCUT2D eigenvalue weighted by Gasteiger charge is 2.62. The molecule has 1 fully saturated rings. The standard InChI is InChI=1S/C16H21F5N6O3/c1-9-5-26(13(29)8-30-9)6-10(22)4-12(28)25-2-3-27-11(7-25)23-24-14(27)15(17,18)16(19,20)21/h9-10H,2-8,22H2,1H3/t9-,10-/m0/s1. The molecular weight excluding hydrogens is 419 g/mol. The van der Waals surface area contributed by atoms with E-state index in [1.54, 1.807) is 6.92 Å². The van der Waals surface area contributed by atoms with Gasteiger partial charge >= 0.3 is 12.1 Å². The minimum Gasteiger partial charge on any atom is -0.367 e. The highest BCUT2D eigenvalue weighted by Crippen LogP contribution is 2.43. The van der Waals surface area contributed by atoms with Crippen molar-refractivity contribution in [3.8, 4) is 0 Å². The van der Waals surface area contributed by atoms with Gasteiger partial charge in [0.05, 0.1) is 12.6 Å². The van der Waals surface area contributed by atoms with Crippen LogP contribution in [-0.2, 0) is 33.3 Å². The lowest BCUT2D eigenvalue weighted by Crippen LogP contribution is -2.51. The maximum Gasteiger partial charge on any atom is 0.461 e. The van der Waals surface area contributed by atoms with E-state index in [0.29, 0.717) is 11.1 Å². The Morgan fingerprint density at radius 1 is 1.27 bits per heavy atom. The van der Waals surface area contributed by atoms with Crippen LogP contribution < -0.4 is 5.73 Å². The summed E-state index contributed by atoms with van der Waals surface area (Å²) < 4.78 is 71.0. The zero-order chi connectivity index (χ0) is 22.3. The number of nitrogens with two attached hydrogens (primary N) is 1. The van der Waals surface area contributed by atoms with Crippen LogP contribution in [0.3, 0.4) is 0 Å². The molecule has 3 rings (SSSR count). The van der Waals surface area contributed by atoms with Crippen molar-refractivity contribution in [3.63, 3.8) is 0 Å². The normalized spacial score (nSPS) is 21.6. The Balaban J connectivity index is 1.60. The topological polar surface area (TPSA) is 107 Å². The van der Waals surface area contributed by atoms with Gasteiger partial charge in [0.1, 0.15) is 6.61 Å². The number of alkyl halides is 5. The van der Waals surface area contributed by atoms with Crippen LogP contribution in [0.4, 0.5) is 22.0 Å². The molecule has 2 aliphatic heterocycles. The molecule has 30 heavy (non-hydrogen) atoms. The van der Waals surface area contributed by atoms with Gasteiger partial charge in [0.15, 0.2) is 5.82 Å². The quantitative estimate of drug-likeness (QED) is 0.658. The molecule has 2 amide bonds. The molecule has 2 atom stereocenters. The Kier molecular flexibility index (Phi) is 6.00. The molecule has 1 aromatic rings. The number of hydrogen-bond donors (Lipinski definition) is 1. The Morgan fingerprint density at radius 2 is 1.97 bits per heavy atom. The van der Waals surface area contributed by atoms with Gasteiger partial charge in [-0.2, -0.15) is 22.0 Å². The number of carbonyl (C=O) groups is 2. The van der Waals surface area contributed by atoms with Crippen molar-refractivity contribution in [2.24, 2.45) is 5.73 Å². The summed E-state index contributed by atoms with van der Waals surface area (Å²) in [5.74, 6) is -7.46. The van der Waals surface area contributed by atoms with E-state index in [1.807, 2.05) is 0 Å². The summed E-state index contributed by atoms with van der Waals surface area (Å²) in [6.45, 7) is 1.58. The van der Waals surface area contributed by atoms with E-state index in [2.05, 4.69) is 10.2 Å². The lowest BCUT2D eigenvalue weighted by Gasteiger charge is -2.33. The molecule has 1 saturated heterocycles. The van der Waals surface area contributed by atoms with Gasteiger partial charge in [-0.1, -0.05) is 0 Å². The predicted molar refractivity (Wildman–Crippen MR) is 90.0 cm³/mol. The summed E-state index contributed by atoms with van der Waals surface area (Å²) in [6, 6.07) is -0.670. The van der Waals surface area contributed by atoms with Gasteiger partial charge in [0.25, 0.3) is 0 Å². The fourth-order valence-electron chi connectivity index (χ4n) is 3.38. The van der Waals surface area contributed by atoms with Gasteiger partial charge in [-0.25, -0.2) is 0 Å². The summed E-state index contributed by atoms with van der Waals surface area (Å²) in [5.41, 5.74) is 5.98. The average Bonchev–Trinajstić information content (AvgIpc) is 3.07. The number of fused-ring (bicyclic) bond motifs is 1. The lowest BCUT2D eigenvalue weighted by molar-refractivity contribution is -0.293. The summed E-state index contributed by atoms with van der Waals surface area (Å²) in [4.78, 5) is 27.1. The predicted octanol–water partition coefficient (Wildman–Crippen LogP) is 0.239. The van der Waals surface area contributed by atoms with E-state index in [9.17, 15) is 31.5 Å². The number of rotatable bonds is 5. The van der Waals surface area contributed by atoms with Gasteiger partial charge in [0, 0.05) is 38.6 Å². The SMILES string of the molecule is C[C@H]1CN(C[C@@H](N)CC(=O)N2CCn3c(nnc3C(F)(F)C(F)(F)F)C2)C(=O)CO1. The maximum absolute atomic E-state index is 13.6. The van der Waals surface area contributed by atoms with Gasteiger partial charge < -0.3 is 24.8 Å². The molecular formula is C16H21F5N6O3.